The van der Waals surface area contributed by atoms with Gasteiger partial charge in [-0.2, -0.15) is 13.2 Å². The van der Waals surface area contributed by atoms with Gasteiger partial charge in [0.25, 0.3) is 10.0 Å². The molecular weight excluding hydrogens is 475 g/mol. The molecule has 3 N–H and O–H groups in total. The first kappa shape index (κ1) is 25.4. The van der Waals surface area contributed by atoms with E-state index < -0.39 is 28.1 Å². The Balaban J connectivity index is 0.000000451. The number of aliphatic carboxylic acids is 1. The Morgan fingerprint density at radius 3 is 2.19 bits per heavy atom. The summed E-state index contributed by atoms with van der Waals surface area (Å²) in [6.45, 7) is 1.51. The molecule has 0 atom stereocenters. The highest BCUT2D eigenvalue weighted by atomic mass is 32.2. The van der Waals surface area contributed by atoms with Crippen molar-refractivity contribution in [2.45, 2.75) is 36.1 Å². The van der Waals surface area contributed by atoms with E-state index in [1.807, 2.05) is 4.90 Å². The van der Waals surface area contributed by atoms with Crippen LogP contribution in [-0.2, 0) is 14.8 Å². The summed E-state index contributed by atoms with van der Waals surface area (Å²) < 4.78 is 58.9. The predicted molar refractivity (Wildman–Crippen MR) is 111 cm³/mol. The van der Waals surface area contributed by atoms with Crippen molar-refractivity contribution in [3.8, 4) is 0 Å². The Bertz CT molecular complexity index is 1030. The van der Waals surface area contributed by atoms with Crippen LogP contribution in [0.4, 0.5) is 24.7 Å². The zero-order valence-corrected chi connectivity index (χ0v) is 18.1. The number of nitrogens with zero attached hydrogens (tertiary/aromatic N) is 2. The highest BCUT2D eigenvalue weighted by Gasteiger charge is 2.38. The van der Waals surface area contributed by atoms with E-state index in [9.17, 15) is 31.5 Å². The molecule has 2 aromatic rings. The van der Waals surface area contributed by atoms with Crippen LogP contribution < -0.4 is 9.62 Å². The third kappa shape index (κ3) is 7.09. The van der Waals surface area contributed by atoms with Gasteiger partial charge in [0, 0.05) is 13.1 Å². The molecule has 14 heteroatoms. The first-order chi connectivity index (χ1) is 14.9. The molecule has 0 saturated carbocycles. The fourth-order valence-corrected chi connectivity index (χ4v) is 4.85. The number of aromatic nitrogens is 1. The molecule has 3 heterocycles. The van der Waals surface area contributed by atoms with Gasteiger partial charge in [0.15, 0.2) is 0 Å². The lowest BCUT2D eigenvalue weighted by molar-refractivity contribution is -0.192. The van der Waals surface area contributed by atoms with Gasteiger partial charge in [-0.3, -0.25) is 4.72 Å². The van der Waals surface area contributed by atoms with Crippen molar-refractivity contribution < 1.29 is 41.4 Å². The maximum absolute atomic E-state index is 12.3. The summed E-state index contributed by atoms with van der Waals surface area (Å²) in [6.07, 6.45) is 0.522. The molecule has 1 aliphatic rings. The third-order valence-corrected chi connectivity index (χ3v) is 7.04. The Labute approximate surface area is 185 Å². The number of rotatable bonds is 5. The van der Waals surface area contributed by atoms with Gasteiger partial charge in [-0.05, 0) is 30.4 Å². The van der Waals surface area contributed by atoms with Crippen molar-refractivity contribution in [1.82, 2.24) is 4.98 Å². The number of nitrogens with one attached hydrogen (secondary N) is 1. The molecular formula is C18H20F3N3O6S2. The number of carboxylic acids is 2. The third-order valence-electron chi connectivity index (χ3n) is 4.26. The second-order valence-electron chi connectivity index (χ2n) is 6.64. The zero-order valence-electron chi connectivity index (χ0n) is 16.5. The largest absolute Gasteiger partial charge is 0.490 e. The van der Waals surface area contributed by atoms with Crippen LogP contribution in [0.5, 0.6) is 0 Å². The number of pyridine rings is 1. The van der Waals surface area contributed by atoms with Crippen molar-refractivity contribution in [1.29, 1.82) is 0 Å². The molecule has 0 amide bonds. The Hall–Kier alpha value is -2.87. The maximum atomic E-state index is 12.3. The molecule has 0 radical (unpaired) electrons. The fourth-order valence-electron chi connectivity index (χ4n) is 2.83. The molecule has 0 aromatic carbocycles. The quantitative estimate of drug-likeness (QED) is 0.572. The summed E-state index contributed by atoms with van der Waals surface area (Å²) in [4.78, 5) is 26.8. The SMILES string of the molecule is O=C(O)C(F)(F)F.O=C(O)c1cc(NS(=O)(=O)c2cccs2)cnc1N1CCCCCC1. The van der Waals surface area contributed by atoms with Crippen LogP contribution in [0.3, 0.4) is 0 Å². The molecule has 0 unspecified atom stereocenters. The number of alkyl halides is 3. The van der Waals surface area contributed by atoms with Crippen molar-refractivity contribution >= 4 is 44.8 Å². The Morgan fingerprint density at radius 2 is 1.72 bits per heavy atom. The van der Waals surface area contributed by atoms with Crippen molar-refractivity contribution in [3.05, 3.63) is 35.3 Å². The van der Waals surface area contributed by atoms with Crippen LogP contribution in [-0.4, -0.2) is 54.8 Å². The van der Waals surface area contributed by atoms with E-state index in [0.717, 1.165) is 50.1 Å². The second kappa shape index (κ2) is 10.6. The summed E-state index contributed by atoms with van der Waals surface area (Å²) in [5.74, 6) is -3.48. The van der Waals surface area contributed by atoms with E-state index in [1.54, 1.807) is 11.4 Å². The molecule has 2 aromatic heterocycles. The second-order valence-corrected chi connectivity index (χ2v) is 9.50. The molecule has 0 bridgehead atoms. The van der Waals surface area contributed by atoms with E-state index in [2.05, 4.69) is 9.71 Å². The van der Waals surface area contributed by atoms with Gasteiger partial charge in [-0.1, -0.05) is 18.9 Å². The van der Waals surface area contributed by atoms with E-state index >= 15 is 0 Å². The van der Waals surface area contributed by atoms with Gasteiger partial charge in [-0.15, -0.1) is 11.3 Å². The normalized spacial score (nSPS) is 14.7. The number of anilines is 2. The first-order valence-electron chi connectivity index (χ1n) is 9.26. The number of hydrogen-bond donors (Lipinski definition) is 3. The molecule has 9 nitrogen and oxygen atoms in total. The lowest BCUT2D eigenvalue weighted by Crippen LogP contribution is -2.27. The Morgan fingerprint density at radius 1 is 1.12 bits per heavy atom. The molecule has 1 fully saturated rings. The average Bonchev–Trinajstić information content (AvgIpc) is 3.12. The fraction of sp³-hybridized carbons (Fsp3) is 0.389. The monoisotopic (exact) mass is 495 g/mol. The predicted octanol–water partition coefficient (Wildman–Crippen LogP) is 3.66. The van der Waals surface area contributed by atoms with Gasteiger partial charge < -0.3 is 15.1 Å². The van der Waals surface area contributed by atoms with E-state index in [0.29, 0.717) is 5.82 Å². The van der Waals surface area contributed by atoms with Crippen LogP contribution in [0, 0.1) is 0 Å². The van der Waals surface area contributed by atoms with E-state index in [-0.39, 0.29) is 15.5 Å². The number of carbonyl (C=O) groups is 2. The lowest BCUT2D eigenvalue weighted by Gasteiger charge is -2.23. The van der Waals surface area contributed by atoms with E-state index in [4.69, 9.17) is 9.90 Å². The van der Waals surface area contributed by atoms with Crippen LogP contribution in [0.15, 0.2) is 34.0 Å². The molecule has 176 valence electrons. The van der Waals surface area contributed by atoms with Gasteiger partial charge >= 0.3 is 18.1 Å². The summed E-state index contributed by atoms with van der Waals surface area (Å²) in [5.41, 5.74) is 0.151. The minimum Gasteiger partial charge on any atom is -0.478 e. The first-order valence-corrected chi connectivity index (χ1v) is 11.6. The average molecular weight is 496 g/mol. The number of aromatic carboxylic acids is 1. The maximum Gasteiger partial charge on any atom is 0.490 e. The zero-order chi connectivity index (χ0) is 23.9. The molecule has 0 aliphatic carbocycles. The van der Waals surface area contributed by atoms with Crippen LogP contribution in [0.25, 0.3) is 0 Å². The van der Waals surface area contributed by atoms with Gasteiger partial charge in [0.05, 0.1) is 11.9 Å². The molecule has 3 rings (SSSR count). The molecule has 1 saturated heterocycles. The topological polar surface area (TPSA) is 137 Å². The summed E-state index contributed by atoms with van der Waals surface area (Å²) in [6, 6.07) is 4.47. The van der Waals surface area contributed by atoms with Gasteiger partial charge in [0.2, 0.25) is 0 Å². The van der Waals surface area contributed by atoms with Gasteiger partial charge in [-0.25, -0.2) is 23.0 Å². The number of thiophene rings is 1. The van der Waals surface area contributed by atoms with Crippen LogP contribution in [0.1, 0.15) is 36.0 Å². The minimum atomic E-state index is -5.08. The van der Waals surface area contributed by atoms with Crippen molar-refractivity contribution in [2.24, 2.45) is 0 Å². The van der Waals surface area contributed by atoms with Crippen molar-refractivity contribution in [2.75, 3.05) is 22.7 Å². The molecule has 1 aliphatic heterocycles. The lowest BCUT2D eigenvalue weighted by atomic mass is 10.2. The summed E-state index contributed by atoms with van der Waals surface area (Å²) >= 11 is 1.09. The smallest absolute Gasteiger partial charge is 0.478 e. The highest BCUT2D eigenvalue weighted by molar-refractivity contribution is 7.94. The molecule has 0 spiro atoms. The summed E-state index contributed by atoms with van der Waals surface area (Å²) in [7, 11) is -3.73. The number of hydrogen-bond acceptors (Lipinski definition) is 7. The summed E-state index contributed by atoms with van der Waals surface area (Å²) in [5, 5.41) is 18.3. The van der Waals surface area contributed by atoms with Gasteiger partial charge in [0.1, 0.15) is 15.6 Å². The van der Waals surface area contributed by atoms with Crippen LogP contribution in [0.2, 0.25) is 0 Å². The molecule has 32 heavy (non-hydrogen) atoms. The standard InChI is InChI=1S/C16H19N3O4S2.C2HF3O2/c20-16(21)13-10-12(18-25(22,23)14-6-5-9-24-14)11-17-15(13)19-7-3-1-2-4-8-19;3-2(4,5)1(6)7/h5-6,9-11,18H,1-4,7-8H2,(H,20,21);(H,6,7). The number of sulfonamides is 1. The highest BCUT2D eigenvalue weighted by Crippen LogP contribution is 2.26. The minimum absolute atomic E-state index is 0.00767. The number of carboxylic acid groups (broad SMARTS) is 2. The van der Waals surface area contributed by atoms with Crippen molar-refractivity contribution in [3.63, 3.8) is 0 Å². The Kier molecular flexibility index (Phi) is 8.44. The van der Waals surface area contributed by atoms with E-state index in [1.165, 1.54) is 18.3 Å². The number of halogens is 3. The van der Waals surface area contributed by atoms with Crippen LogP contribution >= 0.6 is 11.3 Å².